The zero-order chi connectivity index (χ0) is 19.7. The van der Waals surface area contributed by atoms with E-state index in [9.17, 15) is 13.6 Å². The van der Waals surface area contributed by atoms with Gasteiger partial charge in [0.1, 0.15) is 24.8 Å². The molecule has 0 fully saturated rings. The van der Waals surface area contributed by atoms with E-state index in [1.165, 1.54) is 24.3 Å². The first-order valence-corrected chi connectivity index (χ1v) is 8.85. The molecule has 1 heterocycles. The SMILES string of the molecule is O=C(Nc1cc2c(cc1Cl)OCCO2)c1ccc(-c2ccc(F)cc2)cc1F. The number of hydrogen-bond donors (Lipinski definition) is 1. The van der Waals surface area contributed by atoms with Crippen LogP contribution < -0.4 is 14.8 Å². The topological polar surface area (TPSA) is 47.6 Å². The molecule has 0 aliphatic carbocycles. The fourth-order valence-electron chi connectivity index (χ4n) is 2.87. The van der Waals surface area contributed by atoms with Gasteiger partial charge in [0.25, 0.3) is 5.91 Å². The van der Waals surface area contributed by atoms with Crippen LogP contribution in [0.5, 0.6) is 11.5 Å². The van der Waals surface area contributed by atoms with Crippen molar-refractivity contribution in [1.82, 2.24) is 0 Å². The second-order valence-corrected chi connectivity index (χ2v) is 6.54. The molecule has 0 saturated heterocycles. The summed E-state index contributed by atoms with van der Waals surface area (Å²) in [4.78, 5) is 12.5. The number of benzene rings is 3. The molecule has 1 aliphatic heterocycles. The van der Waals surface area contributed by atoms with E-state index in [4.69, 9.17) is 21.1 Å². The van der Waals surface area contributed by atoms with Crippen molar-refractivity contribution in [3.8, 4) is 22.6 Å². The van der Waals surface area contributed by atoms with Gasteiger partial charge in [-0.2, -0.15) is 0 Å². The summed E-state index contributed by atoms with van der Waals surface area (Å²) in [6.07, 6.45) is 0. The molecule has 0 spiro atoms. The molecular formula is C21H14ClF2NO3. The van der Waals surface area contributed by atoms with Crippen molar-refractivity contribution in [3.05, 3.63) is 76.8 Å². The maximum absolute atomic E-state index is 14.5. The molecule has 0 atom stereocenters. The summed E-state index contributed by atoms with van der Waals surface area (Å²) in [6, 6.07) is 12.9. The first-order valence-electron chi connectivity index (χ1n) is 8.47. The lowest BCUT2D eigenvalue weighted by Crippen LogP contribution is -2.17. The number of rotatable bonds is 3. The number of anilines is 1. The zero-order valence-corrected chi connectivity index (χ0v) is 15.2. The third-order valence-electron chi connectivity index (χ3n) is 4.27. The van der Waals surface area contributed by atoms with E-state index in [0.29, 0.717) is 35.8 Å². The molecule has 0 aromatic heterocycles. The molecule has 1 aliphatic rings. The van der Waals surface area contributed by atoms with E-state index in [2.05, 4.69) is 5.32 Å². The highest BCUT2D eigenvalue weighted by Crippen LogP contribution is 2.38. The van der Waals surface area contributed by atoms with Crippen molar-refractivity contribution in [2.45, 2.75) is 0 Å². The minimum absolute atomic E-state index is 0.142. The van der Waals surface area contributed by atoms with Crippen molar-refractivity contribution >= 4 is 23.2 Å². The summed E-state index contributed by atoms with van der Waals surface area (Å²) < 4.78 is 38.5. The average Bonchev–Trinajstić information content (AvgIpc) is 2.69. The van der Waals surface area contributed by atoms with E-state index < -0.39 is 11.7 Å². The third kappa shape index (κ3) is 3.64. The van der Waals surface area contributed by atoms with Crippen LogP contribution in [0.2, 0.25) is 5.02 Å². The smallest absolute Gasteiger partial charge is 0.258 e. The van der Waals surface area contributed by atoms with Crippen LogP contribution in [0.25, 0.3) is 11.1 Å². The zero-order valence-electron chi connectivity index (χ0n) is 14.5. The van der Waals surface area contributed by atoms with Gasteiger partial charge >= 0.3 is 0 Å². The van der Waals surface area contributed by atoms with Crippen LogP contribution >= 0.6 is 11.6 Å². The van der Waals surface area contributed by atoms with E-state index in [1.807, 2.05) is 0 Å². The third-order valence-corrected chi connectivity index (χ3v) is 4.58. The Kier molecular flexibility index (Phi) is 4.88. The molecule has 3 aromatic carbocycles. The second kappa shape index (κ2) is 7.48. The molecule has 142 valence electrons. The van der Waals surface area contributed by atoms with Crippen LogP contribution in [-0.4, -0.2) is 19.1 Å². The van der Waals surface area contributed by atoms with Crippen LogP contribution in [0, 0.1) is 11.6 Å². The lowest BCUT2D eigenvalue weighted by Gasteiger charge is -2.20. The molecule has 0 bridgehead atoms. The predicted molar refractivity (Wildman–Crippen MR) is 102 cm³/mol. The summed E-state index contributed by atoms with van der Waals surface area (Å²) in [5.74, 6) is -0.784. The van der Waals surface area contributed by atoms with Crippen LogP contribution in [0.4, 0.5) is 14.5 Å². The number of hydrogen-bond acceptors (Lipinski definition) is 3. The van der Waals surface area contributed by atoms with Gasteiger partial charge in [-0.25, -0.2) is 8.78 Å². The summed E-state index contributed by atoms with van der Waals surface area (Å²) in [5, 5.41) is 2.84. The molecule has 0 radical (unpaired) electrons. The number of fused-ring (bicyclic) bond motifs is 1. The van der Waals surface area contributed by atoms with Gasteiger partial charge in [-0.15, -0.1) is 0 Å². The minimum Gasteiger partial charge on any atom is -0.486 e. The quantitative estimate of drug-likeness (QED) is 0.647. The van der Waals surface area contributed by atoms with Gasteiger partial charge in [0.05, 0.1) is 16.3 Å². The molecule has 1 N–H and O–H groups in total. The summed E-state index contributed by atoms with van der Waals surface area (Å²) in [7, 11) is 0. The molecule has 28 heavy (non-hydrogen) atoms. The number of carbonyl (C=O) groups is 1. The van der Waals surface area contributed by atoms with Gasteiger partial charge in [0, 0.05) is 12.1 Å². The lowest BCUT2D eigenvalue weighted by molar-refractivity contribution is 0.102. The number of amides is 1. The van der Waals surface area contributed by atoms with E-state index >= 15 is 0 Å². The number of halogens is 3. The molecule has 3 aromatic rings. The van der Waals surface area contributed by atoms with Crippen molar-refractivity contribution in [2.75, 3.05) is 18.5 Å². The maximum atomic E-state index is 14.5. The molecule has 4 rings (SSSR count). The molecule has 7 heteroatoms. The van der Waals surface area contributed by atoms with Gasteiger partial charge in [0.15, 0.2) is 11.5 Å². The lowest BCUT2D eigenvalue weighted by atomic mass is 10.0. The van der Waals surface area contributed by atoms with Crippen LogP contribution in [0.3, 0.4) is 0 Å². The fourth-order valence-corrected chi connectivity index (χ4v) is 3.07. The highest BCUT2D eigenvalue weighted by atomic mass is 35.5. The maximum Gasteiger partial charge on any atom is 0.258 e. The molecule has 0 saturated carbocycles. The molecular weight excluding hydrogens is 388 g/mol. The Balaban J connectivity index is 1.58. The van der Waals surface area contributed by atoms with E-state index in [-0.39, 0.29) is 22.1 Å². The Hall–Kier alpha value is -3.12. The highest BCUT2D eigenvalue weighted by molar-refractivity contribution is 6.34. The Morgan fingerprint density at radius 3 is 2.21 bits per heavy atom. The van der Waals surface area contributed by atoms with Gasteiger partial charge in [0.2, 0.25) is 0 Å². The van der Waals surface area contributed by atoms with Crippen molar-refractivity contribution in [2.24, 2.45) is 0 Å². The number of carbonyl (C=O) groups excluding carboxylic acids is 1. The van der Waals surface area contributed by atoms with Gasteiger partial charge < -0.3 is 14.8 Å². The van der Waals surface area contributed by atoms with Crippen molar-refractivity contribution in [1.29, 1.82) is 0 Å². The Labute approximate surface area is 164 Å². The molecule has 1 amide bonds. The Morgan fingerprint density at radius 2 is 1.54 bits per heavy atom. The monoisotopic (exact) mass is 401 g/mol. The molecule has 4 nitrogen and oxygen atoms in total. The van der Waals surface area contributed by atoms with Crippen LogP contribution in [0.15, 0.2) is 54.6 Å². The predicted octanol–water partition coefficient (Wildman–Crippen LogP) is 5.31. The van der Waals surface area contributed by atoms with E-state index in [0.717, 1.165) is 0 Å². The number of nitrogens with one attached hydrogen (secondary N) is 1. The van der Waals surface area contributed by atoms with Gasteiger partial charge in [-0.3, -0.25) is 4.79 Å². The Bertz CT molecular complexity index is 1050. The van der Waals surface area contributed by atoms with Gasteiger partial charge in [-0.1, -0.05) is 29.8 Å². The highest BCUT2D eigenvalue weighted by Gasteiger charge is 2.18. The number of ether oxygens (including phenoxy) is 2. The first-order chi connectivity index (χ1) is 13.5. The summed E-state index contributed by atoms with van der Waals surface area (Å²) in [6.45, 7) is 0.808. The van der Waals surface area contributed by atoms with Crippen LogP contribution in [-0.2, 0) is 0 Å². The molecule has 0 unspecified atom stereocenters. The standard InChI is InChI=1S/C21H14ClF2NO3/c22-16-10-19-20(28-8-7-27-19)11-18(16)25-21(26)15-6-3-13(9-17(15)24)12-1-4-14(23)5-2-12/h1-6,9-11H,7-8H2,(H,25,26). The van der Waals surface area contributed by atoms with Crippen molar-refractivity contribution < 1.29 is 23.0 Å². The average molecular weight is 402 g/mol. The largest absolute Gasteiger partial charge is 0.486 e. The Morgan fingerprint density at radius 1 is 0.893 bits per heavy atom. The minimum atomic E-state index is -0.701. The fraction of sp³-hybridized carbons (Fsp3) is 0.0952. The first kappa shape index (κ1) is 18.3. The van der Waals surface area contributed by atoms with E-state index in [1.54, 1.807) is 30.3 Å². The normalized spacial score (nSPS) is 12.5. The van der Waals surface area contributed by atoms with Gasteiger partial charge in [-0.05, 0) is 35.4 Å². The summed E-state index contributed by atoms with van der Waals surface area (Å²) >= 11 is 6.18. The van der Waals surface area contributed by atoms with Crippen LogP contribution in [0.1, 0.15) is 10.4 Å². The summed E-state index contributed by atoms with van der Waals surface area (Å²) in [5.41, 5.74) is 1.32. The van der Waals surface area contributed by atoms with Crippen molar-refractivity contribution in [3.63, 3.8) is 0 Å². The second-order valence-electron chi connectivity index (χ2n) is 6.13.